The third-order valence-electron chi connectivity index (χ3n) is 3.52. The summed E-state index contributed by atoms with van der Waals surface area (Å²) in [6.45, 7) is 3.05. The van der Waals surface area contributed by atoms with Gasteiger partial charge in [0, 0.05) is 0 Å². The zero-order valence-electron chi connectivity index (χ0n) is 7.83. The van der Waals surface area contributed by atoms with Gasteiger partial charge in [-0.3, -0.25) is 9.59 Å². The van der Waals surface area contributed by atoms with Crippen LogP contribution in [0.1, 0.15) is 33.1 Å². The average molecular weight is 186 g/mol. The largest absolute Gasteiger partial charge is 0.481 e. The molecule has 1 aliphatic carbocycles. The first kappa shape index (κ1) is 10.0. The van der Waals surface area contributed by atoms with Gasteiger partial charge in [-0.15, -0.1) is 0 Å². The summed E-state index contributed by atoms with van der Waals surface area (Å²) in [5, 5.41) is 18.0. The third kappa shape index (κ3) is 1.12. The van der Waals surface area contributed by atoms with Crippen LogP contribution in [0.15, 0.2) is 0 Å². The van der Waals surface area contributed by atoms with Crippen LogP contribution in [0, 0.1) is 10.8 Å². The molecule has 0 aromatic heterocycles. The molecule has 4 heteroatoms. The predicted octanol–water partition coefficient (Wildman–Crippen LogP) is 1.35. The van der Waals surface area contributed by atoms with Gasteiger partial charge < -0.3 is 10.2 Å². The van der Waals surface area contributed by atoms with Gasteiger partial charge >= 0.3 is 11.9 Å². The number of carboxylic acid groups (broad SMARTS) is 2. The van der Waals surface area contributed by atoms with Gasteiger partial charge in [-0.2, -0.15) is 0 Å². The third-order valence-corrected chi connectivity index (χ3v) is 3.52. The molecule has 0 aromatic carbocycles. The highest BCUT2D eigenvalue weighted by Gasteiger charge is 2.58. The van der Waals surface area contributed by atoms with E-state index in [4.69, 9.17) is 10.2 Å². The molecule has 0 spiro atoms. The number of aliphatic carboxylic acids is 2. The topological polar surface area (TPSA) is 74.6 Å². The van der Waals surface area contributed by atoms with E-state index in [2.05, 4.69) is 0 Å². The normalized spacial score (nSPS) is 38.9. The number of carboxylic acids is 2. The molecule has 2 atom stereocenters. The Bertz CT molecular complexity index is 234. The van der Waals surface area contributed by atoms with Gasteiger partial charge in [-0.05, 0) is 26.7 Å². The van der Waals surface area contributed by atoms with Crippen LogP contribution >= 0.6 is 0 Å². The van der Waals surface area contributed by atoms with Crippen molar-refractivity contribution in [2.24, 2.45) is 10.8 Å². The lowest BCUT2D eigenvalue weighted by molar-refractivity contribution is -0.167. The summed E-state index contributed by atoms with van der Waals surface area (Å²) in [4.78, 5) is 22.0. The van der Waals surface area contributed by atoms with E-state index in [0.717, 1.165) is 0 Å². The first-order valence-corrected chi connectivity index (χ1v) is 4.31. The van der Waals surface area contributed by atoms with E-state index in [1.165, 1.54) is 13.8 Å². The van der Waals surface area contributed by atoms with Crippen molar-refractivity contribution in [1.82, 2.24) is 0 Å². The molecule has 1 rings (SSSR count). The van der Waals surface area contributed by atoms with Crippen LogP contribution in [0.2, 0.25) is 0 Å². The molecule has 0 aromatic rings. The molecule has 0 heterocycles. The molecule has 0 saturated heterocycles. The smallest absolute Gasteiger partial charge is 0.310 e. The van der Waals surface area contributed by atoms with Crippen molar-refractivity contribution in [3.05, 3.63) is 0 Å². The summed E-state index contributed by atoms with van der Waals surface area (Å²) >= 11 is 0. The Morgan fingerprint density at radius 2 is 1.31 bits per heavy atom. The molecular formula is C9H14O4. The highest BCUT2D eigenvalue weighted by atomic mass is 16.4. The lowest BCUT2D eigenvalue weighted by Gasteiger charge is -2.33. The Labute approximate surface area is 76.6 Å². The molecule has 2 N–H and O–H groups in total. The number of rotatable bonds is 2. The molecule has 1 saturated carbocycles. The average Bonchev–Trinajstić information content (AvgIpc) is 2.31. The first-order valence-electron chi connectivity index (χ1n) is 4.31. The van der Waals surface area contributed by atoms with E-state index >= 15 is 0 Å². The molecule has 0 radical (unpaired) electrons. The van der Waals surface area contributed by atoms with E-state index in [-0.39, 0.29) is 0 Å². The van der Waals surface area contributed by atoms with Gasteiger partial charge in [0.05, 0.1) is 10.8 Å². The van der Waals surface area contributed by atoms with Crippen molar-refractivity contribution in [3.8, 4) is 0 Å². The fourth-order valence-corrected chi connectivity index (χ4v) is 2.03. The van der Waals surface area contributed by atoms with E-state index < -0.39 is 22.8 Å². The summed E-state index contributed by atoms with van der Waals surface area (Å²) in [5.41, 5.74) is -2.22. The van der Waals surface area contributed by atoms with Crippen molar-refractivity contribution in [2.45, 2.75) is 33.1 Å². The highest BCUT2D eigenvalue weighted by Crippen LogP contribution is 2.52. The van der Waals surface area contributed by atoms with Gasteiger partial charge in [-0.25, -0.2) is 0 Å². The highest BCUT2D eigenvalue weighted by molar-refractivity contribution is 5.86. The first-order chi connectivity index (χ1) is 5.84. The molecule has 1 aliphatic rings. The van der Waals surface area contributed by atoms with Crippen molar-refractivity contribution < 1.29 is 19.8 Å². The van der Waals surface area contributed by atoms with Gasteiger partial charge in [0.1, 0.15) is 0 Å². The van der Waals surface area contributed by atoms with Crippen molar-refractivity contribution in [2.75, 3.05) is 0 Å². The number of carbonyl (C=O) groups is 2. The molecule has 0 bridgehead atoms. The second-order valence-corrected chi connectivity index (χ2v) is 4.13. The van der Waals surface area contributed by atoms with Crippen LogP contribution in [0.4, 0.5) is 0 Å². The van der Waals surface area contributed by atoms with Gasteiger partial charge in [0.25, 0.3) is 0 Å². The maximum atomic E-state index is 11.0. The minimum Gasteiger partial charge on any atom is -0.481 e. The fourth-order valence-electron chi connectivity index (χ4n) is 2.03. The summed E-state index contributed by atoms with van der Waals surface area (Å²) in [5.74, 6) is -2.01. The fraction of sp³-hybridized carbons (Fsp3) is 0.778. The van der Waals surface area contributed by atoms with Crippen molar-refractivity contribution >= 4 is 11.9 Å². The molecule has 0 unspecified atom stereocenters. The molecule has 74 valence electrons. The Morgan fingerprint density at radius 1 is 1.00 bits per heavy atom. The molecule has 1 fully saturated rings. The molecular weight excluding hydrogens is 172 g/mol. The predicted molar refractivity (Wildman–Crippen MR) is 45.3 cm³/mol. The van der Waals surface area contributed by atoms with Crippen LogP contribution in [-0.2, 0) is 9.59 Å². The van der Waals surface area contributed by atoms with Crippen molar-refractivity contribution in [3.63, 3.8) is 0 Å². The SMILES string of the molecule is C[C@@]1(C(=O)O)CCC[C@@]1(C)C(=O)O. The van der Waals surface area contributed by atoms with Crippen molar-refractivity contribution in [1.29, 1.82) is 0 Å². The Balaban J connectivity index is 3.11. The quantitative estimate of drug-likeness (QED) is 0.682. The monoisotopic (exact) mass is 186 g/mol. The number of hydrogen-bond acceptors (Lipinski definition) is 2. The standard InChI is InChI=1S/C9H14O4/c1-8(6(10)11)4-3-5-9(8,2)7(12)13/h3-5H2,1-2H3,(H,10,11)(H,12,13)/t8-,9-/m0/s1. The molecule has 0 amide bonds. The Hall–Kier alpha value is -1.06. The minimum atomic E-state index is -1.11. The number of hydrogen-bond donors (Lipinski definition) is 2. The summed E-state index contributed by atoms with van der Waals surface area (Å²) in [7, 11) is 0. The Morgan fingerprint density at radius 3 is 1.54 bits per heavy atom. The van der Waals surface area contributed by atoms with Crippen LogP contribution < -0.4 is 0 Å². The van der Waals surface area contributed by atoms with E-state index in [1.54, 1.807) is 0 Å². The Kier molecular flexibility index (Phi) is 2.10. The van der Waals surface area contributed by atoms with E-state index in [1.807, 2.05) is 0 Å². The second-order valence-electron chi connectivity index (χ2n) is 4.13. The molecule has 13 heavy (non-hydrogen) atoms. The van der Waals surface area contributed by atoms with Crippen LogP contribution in [0.25, 0.3) is 0 Å². The maximum absolute atomic E-state index is 11.0. The molecule has 0 aliphatic heterocycles. The maximum Gasteiger partial charge on any atom is 0.310 e. The van der Waals surface area contributed by atoms with Gasteiger partial charge in [0.15, 0.2) is 0 Å². The van der Waals surface area contributed by atoms with E-state index in [0.29, 0.717) is 19.3 Å². The van der Waals surface area contributed by atoms with Gasteiger partial charge in [0.2, 0.25) is 0 Å². The summed E-state index contributed by atoms with van der Waals surface area (Å²) in [6.07, 6.45) is 1.57. The second kappa shape index (κ2) is 2.72. The minimum absolute atomic E-state index is 0.450. The zero-order chi connectivity index (χ0) is 10.3. The summed E-state index contributed by atoms with van der Waals surface area (Å²) < 4.78 is 0. The van der Waals surface area contributed by atoms with Crippen LogP contribution in [0.5, 0.6) is 0 Å². The van der Waals surface area contributed by atoms with E-state index in [9.17, 15) is 9.59 Å². The molecule has 4 nitrogen and oxygen atoms in total. The lowest BCUT2D eigenvalue weighted by atomic mass is 9.68. The summed E-state index contributed by atoms with van der Waals surface area (Å²) in [6, 6.07) is 0. The van der Waals surface area contributed by atoms with Crippen LogP contribution in [0.3, 0.4) is 0 Å². The van der Waals surface area contributed by atoms with Crippen LogP contribution in [-0.4, -0.2) is 22.2 Å². The zero-order valence-corrected chi connectivity index (χ0v) is 7.83. The van der Waals surface area contributed by atoms with Gasteiger partial charge in [-0.1, -0.05) is 6.42 Å². The lowest BCUT2D eigenvalue weighted by Crippen LogP contribution is -2.44.